The van der Waals surface area contributed by atoms with Crippen molar-refractivity contribution in [2.75, 3.05) is 45.9 Å². The Morgan fingerprint density at radius 2 is 1.76 bits per heavy atom. The fourth-order valence-corrected chi connectivity index (χ4v) is 5.68. The van der Waals surface area contributed by atoms with Crippen LogP contribution in [0.25, 0.3) is 0 Å². The van der Waals surface area contributed by atoms with Gasteiger partial charge in [-0.1, -0.05) is 17.7 Å². The molecule has 0 aromatic heterocycles. The lowest BCUT2D eigenvalue weighted by Crippen LogP contribution is -3.15. The van der Waals surface area contributed by atoms with Crippen molar-refractivity contribution in [3.8, 4) is 0 Å². The van der Waals surface area contributed by atoms with Gasteiger partial charge >= 0.3 is 0 Å². The first-order valence-electron chi connectivity index (χ1n) is 10.4. The summed E-state index contributed by atoms with van der Waals surface area (Å²) in [5.41, 5.74) is 2.64. The molecule has 1 heterocycles. The van der Waals surface area contributed by atoms with Gasteiger partial charge in [-0.2, -0.15) is 4.31 Å². The summed E-state index contributed by atoms with van der Waals surface area (Å²) in [5.74, 6) is 0.00563. The van der Waals surface area contributed by atoms with Crippen LogP contribution in [0.4, 0.5) is 0 Å². The van der Waals surface area contributed by atoms with Crippen molar-refractivity contribution < 1.29 is 22.8 Å². The minimum atomic E-state index is -3.51. The van der Waals surface area contributed by atoms with Crippen LogP contribution in [0.2, 0.25) is 0 Å². The molecule has 0 aliphatic carbocycles. The molecule has 0 saturated carbocycles. The second kappa shape index (κ2) is 10.5. The van der Waals surface area contributed by atoms with Gasteiger partial charge in [0, 0.05) is 13.2 Å². The maximum Gasteiger partial charge on any atom is 0.275 e. The van der Waals surface area contributed by atoms with Gasteiger partial charge in [-0.15, -0.1) is 0 Å². The first kappa shape index (κ1) is 23.8. The lowest BCUT2D eigenvalue weighted by Gasteiger charge is -2.32. The monoisotopic (exact) mass is 426 g/mol. The number of hydrogen-bond donors (Lipinski definition) is 2. The summed E-state index contributed by atoms with van der Waals surface area (Å²) >= 11 is 0. The van der Waals surface area contributed by atoms with Gasteiger partial charge in [-0.3, -0.25) is 4.79 Å². The SMILES string of the molecule is Cc1cc(C)c(S(=O)(=O)N2CC[NH+](CC(=O)NCCCOC(C)C)CC2)c(C)c1. The summed E-state index contributed by atoms with van der Waals surface area (Å²) in [6.07, 6.45) is 0.996. The molecule has 29 heavy (non-hydrogen) atoms. The van der Waals surface area contributed by atoms with E-state index >= 15 is 0 Å². The lowest BCUT2D eigenvalue weighted by molar-refractivity contribution is -0.895. The van der Waals surface area contributed by atoms with Crippen molar-refractivity contribution in [2.24, 2.45) is 0 Å². The minimum absolute atomic E-state index is 0.00563. The average Bonchev–Trinajstić information content (AvgIpc) is 2.60. The maximum atomic E-state index is 13.1. The van der Waals surface area contributed by atoms with Crippen LogP contribution in [0, 0.1) is 20.8 Å². The quantitative estimate of drug-likeness (QED) is 0.562. The Morgan fingerprint density at radius 3 is 2.31 bits per heavy atom. The normalized spacial score (nSPS) is 16.3. The Morgan fingerprint density at radius 1 is 1.17 bits per heavy atom. The number of rotatable bonds is 9. The van der Waals surface area contributed by atoms with Crippen molar-refractivity contribution in [3.05, 3.63) is 28.8 Å². The Labute approximate surface area is 175 Å². The number of carbonyl (C=O) groups is 1. The van der Waals surface area contributed by atoms with Gasteiger partial charge in [0.15, 0.2) is 6.54 Å². The van der Waals surface area contributed by atoms with Gasteiger partial charge in [-0.05, 0) is 52.2 Å². The number of nitrogens with zero attached hydrogens (tertiary/aromatic N) is 1. The van der Waals surface area contributed by atoms with E-state index in [0.717, 1.165) is 28.0 Å². The Hall–Kier alpha value is -1.48. The zero-order valence-electron chi connectivity index (χ0n) is 18.4. The van der Waals surface area contributed by atoms with Crippen molar-refractivity contribution in [1.82, 2.24) is 9.62 Å². The predicted octanol–water partition coefficient (Wildman–Crippen LogP) is 0.432. The number of carbonyl (C=O) groups excluding carboxylic acids is 1. The third-order valence-electron chi connectivity index (χ3n) is 5.14. The second-order valence-electron chi connectivity index (χ2n) is 8.18. The zero-order valence-corrected chi connectivity index (χ0v) is 19.2. The second-order valence-corrected chi connectivity index (χ2v) is 10.1. The smallest absolute Gasteiger partial charge is 0.275 e. The largest absolute Gasteiger partial charge is 0.379 e. The van der Waals surface area contributed by atoms with Gasteiger partial charge in [-0.25, -0.2) is 8.42 Å². The highest BCUT2D eigenvalue weighted by Crippen LogP contribution is 2.25. The molecule has 0 bridgehead atoms. The molecule has 1 aliphatic rings. The van der Waals surface area contributed by atoms with E-state index in [4.69, 9.17) is 4.74 Å². The highest BCUT2D eigenvalue weighted by atomic mass is 32.2. The van der Waals surface area contributed by atoms with E-state index in [0.29, 0.717) is 50.8 Å². The van der Waals surface area contributed by atoms with Crippen molar-refractivity contribution in [1.29, 1.82) is 0 Å². The molecule has 1 aromatic rings. The third-order valence-corrected chi connectivity index (χ3v) is 7.34. The molecule has 0 spiro atoms. The van der Waals surface area contributed by atoms with Crippen molar-refractivity contribution in [3.63, 3.8) is 0 Å². The Bertz CT molecular complexity index is 777. The first-order valence-corrected chi connectivity index (χ1v) is 11.8. The van der Waals surface area contributed by atoms with Gasteiger partial charge in [0.1, 0.15) is 0 Å². The molecule has 0 unspecified atom stereocenters. The van der Waals surface area contributed by atoms with E-state index in [1.807, 2.05) is 46.8 Å². The van der Waals surface area contributed by atoms with E-state index in [1.165, 1.54) is 0 Å². The topological polar surface area (TPSA) is 80.2 Å². The summed E-state index contributed by atoms with van der Waals surface area (Å²) in [5, 5.41) is 2.92. The van der Waals surface area contributed by atoms with Crippen LogP contribution in [0.1, 0.15) is 37.0 Å². The van der Waals surface area contributed by atoms with Crippen LogP contribution in [-0.4, -0.2) is 70.6 Å². The van der Waals surface area contributed by atoms with Gasteiger partial charge in [0.25, 0.3) is 5.91 Å². The molecule has 8 heteroatoms. The van der Waals surface area contributed by atoms with E-state index in [-0.39, 0.29) is 12.0 Å². The lowest BCUT2D eigenvalue weighted by atomic mass is 10.1. The van der Waals surface area contributed by atoms with Crippen molar-refractivity contribution >= 4 is 15.9 Å². The number of sulfonamides is 1. The molecule has 2 rings (SSSR count). The Balaban J connectivity index is 1.83. The molecule has 0 atom stereocenters. The molecule has 1 amide bonds. The molecule has 1 saturated heterocycles. The van der Waals surface area contributed by atoms with Crippen LogP contribution in [0.5, 0.6) is 0 Å². The standard InChI is InChI=1S/C21H35N3O4S/c1-16(2)28-12-6-7-22-20(25)15-23-8-10-24(11-9-23)29(26,27)21-18(4)13-17(3)14-19(21)5/h13-14,16H,6-12,15H2,1-5H3,(H,22,25)/p+1. The van der Waals surface area contributed by atoms with Crippen LogP contribution in [-0.2, 0) is 19.6 Å². The molecule has 1 aliphatic heterocycles. The molecule has 1 aromatic carbocycles. The molecular formula is C21H36N3O4S+. The van der Waals surface area contributed by atoms with Crippen LogP contribution in [0.3, 0.4) is 0 Å². The molecular weight excluding hydrogens is 390 g/mol. The summed E-state index contributed by atoms with van der Waals surface area (Å²) < 4.78 is 33.3. The predicted molar refractivity (Wildman–Crippen MR) is 114 cm³/mol. The fourth-order valence-electron chi connectivity index (χ4n) is 3.83. The van der Waals surface area contributed by atoms with E-state index in [9.17, 15) is 13.2 Å². The zero-order chi connectivity index (χ0) is 21.6. The number of quaternary nitrogens is 1. The average molecular weight is 427 g/mol. The molecule has 7 nitrogen and oxygen atoms in total. The van der Waals surface area contributed by atoms with E-state index in [2.05, 4.69) is 5.32 Å². The summed E-state index contributed by atoms with van der Waals surface area (Å²) in [6.45, 7) is 13.4. The molecule has 2 N–H and O–H groups in total. The Kier molecular flexibility index (Phi) is 8.63. The first-order chi connectivity index (χ1) is 13.6. The molecule has 1 fully saturated rings. The van der Waals surface area contributed by atoms with E-state index < -0.39 is 10.0 Å². The highest BCUT2D eigenvalue weighted by molar-refractivity contribution is 7.89. The van der Waals surface area contributed by atoms with Crippen LogP contribution < -0.4 is 10.2 Å². The highest BCUT2D eigenvalue weighted by Gasteiger charge is 2.33. The maximum absolute atomic E-state index is 13.1. The third kappa shape index (κ3) is 6.77. The number of nitrogens with one attached hydrogen (secondary N) is 2. The fraction of sp³-hybridized carbons (Fsp3) is 0.667. The molecule has 164 valence electrons. The minimum Gasteiger partial charge on any atom is -0.379 e. The van der Waals surface area contributed by atoms with Crippen molar-refractivity contribution in [2.45, 2.75) is 52.0 Å². The summed E-state index contributed by atoms with van der Waals surface area (Å²) in [6, 6.07) is 3.83. The van der Waals surface area contributed by atoms with Crippen LogP contribution in [0.15, 0.2) is 17.0 Å². The summed E-state index contributed by atoms with van der Waals surface area (Å²) in [4.78, 5) is 13.7. The van der Waals surface area contributed by atoms with E-state index in [1.54, 1.807) is 4.31 Å². The van der Waals surface area contributed by atoms with Crippen LogP contribution >= 0.6 is 0 Å². The number of benzene rings is 1. The number of hydrogen-bond acceptors (Lipinski definition) is 4. The number of aryl methyl sites for hydroxylation is 3. The number of ether oxygens (including phenoxy) is 1. The van der Waals surface area contributed by atoms with Gasteiger partial charge in [0.05, 0.1) is 37.2 Å². The number of piperazine rings is 1. The summed E-state index contributed by atoms with van der Waals surface area (Å²) in [7, 11) is -3.51. The van der Waals surface area contributed by atoms with Gasteiger partial charge in [0.2, 0.25) is 10.0 Å². The molecule has 0 radical (unpaired) electrons. The number of amides is 1. The van der Waals surface area contributed by atoms with Gasteiger partial charge < -0.3 is 15.0 Å².